The third-order valence-electron chi connectivity index (χ3n) is 2.04. The number of rotatable bonds is 3. The van der Waals surface area contributed by atoms with Crippen LogP contribution in [0.4, 0.5) is 0 Å². The molecule has 0 saturated carbocycles. The molecule has 0 fully saturated rings. The van der Waals surface area contributed by atoms with Crippen molar-refractivity contribution < 1.29 is 24.5 Å². The zero-order chi connectivity index (χ0) is 11.6. The minimum atomic E-state index is -1.60. The smallest absolute Gasteiger partial charge is 0.377 e. The van der Waals surface area contributed by atoms with Crippen LogP contribution in [0.1, 0.15) is 15.9 Å². The first kappa shape index (κ1) is 11.0. The number of phenolic OH excluding ortho intramolecular Hbond substituents is 1. The second kappa shape index (κ2) is 4.00. The van der Waals surface area contributed by atoms with Crippen molar-refractivity contribution in [3.63, 3.8) is 0 Å². The van der Waals surface area contributed by atoms with E-state index in [2.05, 4.69) is 0 Å². The first-order chi connectivity index (χ1) is 6.99. The second-order valence-electron chi connectivity index (χ2n) is 2.92. The average molecular weight is 210 g/mol. The maximum absolute atomic E-state index is 11.1. The molecule has 80 valence electrons. The maximum atomic E-state index is 11.1. The second-order valence-corrected chi connectivity index (χ2v) is 2.92. The van der Waals surface area contributed by atoms with Crippen molar-refractivity contribution in [2.75, 3.05) is 7.11 Å². The van der Waals surface area contributed by atoms with Gasteiger partial charge in [-0.3, -0.25) is 4.79 Å². The molecule has 0 atom stereocenters. The highest BCUT2D eigenvalue weighted by Crippen LogP contribution is 2.30. The summed E-state index contributed by atoms with van der Waals surface area (Å²) in [5, 5.41) is 18.0. The number of phenols is 1. The minimum absolute atomic E-state index is 0.235. The first-order valence-electron chi connectivity index (χ1n) is 4.13. The Morgan fingerprint density at radius 3 is 2.40 bits per heavy atom. The summed E-state index contributed by atoms with van der Waals surface area (Å²) in [6.07, 6.45) is 0. The Balaban J connectivity index is 3.29. The molecule has 0 aromatic heterocycles. The topological polar surface area (TPSA) is 83.8 Å². The number of benzene rings is 1. The normalized spacial score (nSPS) is 9.73. The number of ether oxygens (including phenoxy) is 1. The maximum Gasteiger partial charge on any atom is 0.377 e. The van der Waals surface area contributed by atoms with Crippen LogP contribution in [0.15, 0.2) is 12.1 Å². The van der Waals surface area contributed by atoms with Crippen molar-refractivity contribution in [1.82, 2.24) is 0 Å². The van der Waals surface area contributed by atoms with E-state index in [9.17, 15) is 14.7 Å². The van der Waals surface area contributed by atoms with E-state index in [1.807, 2.05) is 0 Å². The number of hydrogen-bond donors (Lipinski definition) is 2. The lowest BCUT2D eigenvalue weighted by atomic mass is 10.1. The SMILES string of the molecule is COc1ccc(C(=O)C(=O)O)c(O)c1C. The van der Waals surface area contributed by atoms with E-state index >= 15 is 0 Å². The van der Waals surface area contributed by atoms with Gasteiger partial charge < -0.3 is 14.9 Å². The quantitative estimate of drug-likeness (QED) is 0.573. The summed E-state index contributed by atoms with van der Waals surface area (Å²) < 4.78 is 4.90. The number of methoxy groups -OCH3 is 1. The number of ketones is 1. The van der Waals surface area contributed by atoms with Crippen LogP contribution in [-0.2, 0) is 4.79 Å². The molecule has 1 rings (SSSR count). The molecule has 15 heavy (non-hydrogen) atoms. The molecule has 0 aliphatic heterocycles. The van der Waals surface area contributed by atoms with E-state index in [1.54, 1.807) is 0 Å². The molecule has 0 amide bonds. The van der Waals surface area contributed by atoms with Gasteiger partial charge in [-0.2, -0.15) is 0 Å². The molecule has 0 aliphatic rings. The number of carbonyl (C=O) groups is 2. The van der Waals surface area contributed by atoms with Crippen LogP contribution in [0.3, 0.4) is 0 Å². The number of carboxylic acid groups (broad SMARTS) is 1. The summed E-state index contributed by atoms with van der Waals surface area (Å²) in [7, 11) is 1.42. The van der Waals surface area contributed by atoms with Gasteiger partial charge in [0.25, 0.3) is 5.78 Å². The zero-order valence-electron chi connectivity index (χ0n) is 8.27. The van der Waals surface area contributed by atoms with Gasteiger partial charge >= 0.3 is 5.97 Å². The molecule has 5 nitrogen and oxygen atoms in total. The van der Waals surface area contributed by atoms with Crippen LogP contribution < -0.4 is 4.74 Å². The number of aromatic hydroxyl groups is 1. The molecule has 1 aromatic rings. The van der Waals surface area contributed by atoms with E-state index in [1.165, 1.54) is 26.2 Å². The van der Waals surface area contributed by atoms with Crippen molar-refractivity contribution >= 4 is 11.8 Å². The molecule has 0 spiro atoms. The van der Waals surface area contributed by atoms with Crippen molar-refractivity contribution in [3.05, 3.63) is 23.3 Å². The van der Waals surface area contributed by atoms with Gasteiger partial charge in [-0.15, -0.1) is 0 Å². The number of carboxylic acids is 1. The van der Waals surface area contributed by atoms with Gasteiger partial charge in [-0.1, -0.05) is 0 Å². The fourth-order valence-electron chi connectivity index (χ4n) is 1.20. The largest absolute Gasteiger partial charge is 0.507 e. The van der Waals surface area contributed by atoms with Crippen LogP contribution in [-0.4, -0.2) is 29.1 Å². The lowest BCUT2D eigenvalue weighted by Crippen LogP contribution is -2.13. The van der Waals surface area contributed by atoms with Crippen LogP contribution in [0, 0.1) is 6.92 Å². The Morgan fingerprint density at radius 1 is 1.33 bits per heavy atom. The summed E-state index contributed by atoms with van der Waals surface area (Å²) in [5.41, 5.74) is 0.102. The zero-order valence-corrected chi connectivity index (χ0v) is 8.27. The molecule has 0 unspecified atom stereocenters. The summed E-state index contributed by atoms with van der Waals surface area (Å²) in [6.45, 7) is 1.53. The monoisotopic (exact) mass is 210 g/mol. The van der Waals surface area contributed by atoms with Gasteiger partial charge in [0.1, 0.15) is 11.5 Å². The Kier molecular flexibility index (Phi) is 2.94. The Morgan fingerprint density at radius 2 is 1.93 bits per heavy atom. The molecule has 0 bridgehead atoms. The highest BCUT2D eigenvalue weighted by Gasteiger charge is 2.20. The van der Waals surface area contributed by atoms with E-state index < -0.39 is 11.8 Å². The molecular formula is C10H10O5. The van der Waals surface area contributed by atoms with E-state index in [0.29, 0.717) is 11.3 Å². The number of carbonyl (C=O) groups excluding carboxylic acids is 1. The molecule has 0 radical (unpaired) electrons. The number of hydrogen-bond acceptors (Lipinski definition) is 4. The van der Waals surface area contributed by atoms with Crippen LogP contribution in [0.5, 0.6) is 11.5 Å². The highest BCUT2D eigenvalue weighted by molar-refractivity contribution is 6.40. The van der Waals surface area contributed by atoms with E-state index in [-0.39, 0.29) is 11.3 Å². The fraction of sp³-hybridized carbons (Fsp3) is 0.200. The molecule has 1 aromatic carbocycles. The Bertz CT molecular complexity index is 422. The van der Waals surface area contributed by atoms with Gasteiger partial charge in [0.15, 0.2) is 0 Å². The predicted octanol–water partition coefficient (Wildman–Crippen LogP) is 0.977. The van der Waals surface area contributed by atoms with Gasteiger partial charge in [0.05, 0.1) is 12.7 Å². The average Bonchev–Trinajstić information content (AvgIpc) is 2.21. The fourth-order valence-corrected chi connectivity index (χ4v) is 1.20. The molecule has 0 aliphatic carbocycles. The van der Waals surface area contributed by atoms with E-state index in [4.69, 9.17) is 9.84 Å². The van der Waals surface area contributed by atoms with Crippen molar-refractivity contribution in [3.8, 4) is 11.5 Å². The molecule has 0 heterocycles. The van der Waals surface area contributed by atoms with Crippen LogP contribution in [0.2, 0.25) is 0 Å². The van der Waals surface area contributed by atoms with Gasteiger partial charge in [-0.25, -0.2) is 4.79 Å². The summed E-state index contributed by atoms with van der Waals surface area (Å²) in [4.78, 5) is 21.5. The lowest BCUT2D eigenvalue weighted by molar-refractivity contribution is -0.131. The van der Waals surface area contributed by atoms with Gasteiger partial charge in [-0.05, 0) is 19.1 Å². The molecule has 5 heteroatoms. The third kappa shape index (κ3) is 1.90. The Hall–Kier alpha value is -2.04. The standard InChI is InChI=1S/C10H10O5/c1-5-7(15-2)4-3-6(8(5)11)9(12)10(13)14/h3-4,11H,1-2H3,(H,13,14). The van der Waals surface area contributed by atoms with Gasteiger partial charge in [0, 0.05) is 5.56 Å². The number of aliphatic carboxylic acids is 1. The minimum Gasteiger partial charge on any atom is -0.507 e. The molecule has 2 N–H and O–H groups in total. The molecule has 0 saturated heterocycles. The van der Waals surface area contributed by atoms with Crippen molar-refractivity contribution in [2.45, 2.75) is 6.92 Å². The summed E-state index contributed by atoms with van der Waals surface area (Å²) in [5.74, 6) is -2.70. The van der Waals surface area contributed by atoms with E-state index in [0.717, 1.165) is 0 Å². The van der Waals surface area contributed by atoms with Crippen molar-refractivity contribution in [2.24, 2.45) is 0 Å². The first-order valence-corrected chi connectivity index (χ1v) is 4.13. The number of Topliss-reactive ketones (excluding diaryl/α,β-unsaturated/α-hetero) is 1. The third-order valence-corrected chi connectivity index (χ3v) is 2.04. The lowest BCUT2D eigenvalue weighted by Gasteiger charge is -2.08. The molecular weight excluding hydrogens is 200 g/mol. The van der Waals surface area contributed by atoms with Crippen molar-refractivity contribution in [1.29, 1.82) is 0 Å². The van der Waals surface area contributed by atoms with Crippen LogP contribution in [0.25, 0.3) is 0 Å². The Labute approximate surface area is 85.9 Å². The van der Waals surface area contributed by atoms with Gasteiger partial charge in [0.2, 0.25) is 0 Å². The van der Waals surface area contributed by atoms with Crippen LogP contribution >= 0.6 is 0 Å². The summed E-state index contributed by atoms with van der Waals surface area (Å²) >= 11 is 0. The predicted molar refractivity (Wildman–Crippen MR) is 51.4 cm³/mol. The highest BCUT2D eigenvalue weighted by atomic mass is 16.5. The summed E-state index contributed by atoms with van der Waals surface area (Å²) in [6, 6.07) is 2.66.